The Labute approximate surface area is 261 Å². The highest BCUT2D eigenvalue weighted by Gasteiger charge is 2.17. The summed E-state index contributed by atoms with van der Waals surface area (Å²) < 4.78 is 0. The van der Waals surface area contributed by atoms with Crippen LogP contribution in [0.2, 0.25) is 0 Å². The average Bonchev–Trinajstić information content (AvgIpc) is 2.99. The summed E-state index contributed by atoms with van der Waals surface area (Å²) in [4.78, 5) is 12.3. The fraction of sp³-hybridized carbons (Fsp3) is 0.763. The third-order valence-electron chi connectivity index (χ3n) is 7.78. The molecular weight excluding hydrogens is 518 g/mol. The molecule has 2 atom stereocenters. The number of carbonyl (C=O) groups is 1. The number of hydrogen-bond acceptors (Lipinski definition) is 3. The molecule has 0 aliphatic heterocycles. The van der Waals surface area contributed by atoms with Crippen molar-refractivity contribution in [2.45, 2.75) is 180 Å². The Balaban J connectivity index is 3.62. The van der Waals surface area contributed by atoms with Gasteiger partial charge < -0.3 is 15.5 Å². The number of nitrogens with one attached hydrogen (secondary N) is 1. The van der Waals surface area contributed by atoms with Gasteiger partial charge in [-0.2, -0.15) is 0 Å². The molecule has 0 aromatic heterocycles. The summed E-state index contributed by atoms with van der Waals surface area (Å²) in [5, 5.41) is 22.7. The second-order valence-electron chi connectivity index (χ2n) is 11.9. The fourth-order valence-electron chi connectivity index (χ4n) is 4.99. The summed E-state index contributed by atoms with van der Waals surface area (Å²) in [5.41, 5.74) is 0. The first-order chi connectivity index (χ1) is 20.7. The molecule has 3 N–H and O–H groups in total. The minimum Gasteiger partial charge on any atom is -0.394 e. The smallest absolute Gasteiger partial charge is 0.220 e. The van der Waals surface area contributed by atoms with Crippen LogP contribution in [0.25, 0.3) is 0 Å². The maximum atomic E-state index is 12.3. The number of rotatable bonds is 31. The lowest BCUT2D eigenvalue weighted by Crippen LogP contribution is -2.45. The summed E-state index contributed by atoms with van der Waals surface area (Å²) in [7, 11) is 0. The highest BCUT2D eigenvalue weighted by Crippen LogP contribution is 2.12. The first-order valence-corrected chi connectivity index (χ1v) is 17.9. The third kappa shape index (κ3) is 29.8. The highest BCUT2D eigenvalue weighted by atomic mass is 16.3. The lowest BCUT2D eigenvalue weighted by molar-refractivity contribution is -0.123. The minimum atomic E-state index is -0.861. The number of unbranched alkanes of at least 4 members (excludes halogenated alkanes) is 18. The number of hydrogen-bond donors (Lipinski definition) is 3. The van der Waals surface area contributed by atoms with Crippen molar-refractivity contribution in [2.24, 2.45) is 0 Å². The van der Waals surface area contributed by atoms with Gasteiger partial charge in [0.1, 0.15) is 0 Å². The second kappa shape index (κ2) is 33.8. The molecule has 2 unspecified atom stereocenters. The van der Waals surface area contributed by atoms with E-state index in [2.05, 4.69) is 55.6 Å². The van der Waals surface area contributed by atoms with Crippen LogP contribution in [0, 0.1) is 0 Å². The van der Waals surface area contributed by atoms with Crippen molar-refractivity contribution >= 4 is 5.91 Å². The van der Waals surface area contributed by atoms with E-state index in [4.69, 9.17) is 0 Å². The van der Waals surface area contributed by atoms with Crippen LogP contribution >= 0.6 is 0 Å². The van der Waals surface area contributed by atoms with Crippen molar-refractivity contribution in [3.8, 4) is 0 Å². The van der Waals surface area contributed by atoms with Gasteiger partial charge in [-0.15, -0.1) is 0 Å². The molecule has 4 nitrogen and oxygen atoms in total. The first kappa shape index (κ1) is 40.4. The fourth-order valence-corrected chi connectivity index (χ4v) is 4.99. The normalized spacial score (nSPS) is 13.7. The number of carbonyl (C=O) groups excluding carboxylic acids is 1. The predicted octanol–water partition coefficient (Wildman–Crippen LogP) is 10.5. The zero-order valence-electron chi connectivity index (χ0n) is 27.8. The lowest BCUT2D eigenvalue weighted by atomic mass is 10.1. The molecule has 0 aromatic rings. The monoisotopic (exact) mass is 588 g/mol. The Morgan fingerprint density at radius 1 is 0.571 bits per heavy atom. The van der Waals surface area contributed by atoms with E-state index in [1.165, 1.54) is 109 Å². The van der Waals surface area contributed by atoms with Gasteiger partial charge in [-0.3, -0.25) is 4.79 Å². The molecule has 0 aromatic carbocycles. The predicted molar refractivity (Wildman–Crippen MR) is 184 cm³/mol. The van der Waals surface area contributed by atoms with Crippen LogP contribution in [0.4, 0.5) is 0 Å². The van der Waals surface area contributed by atoms with E-state index in [-0.39, 0.29) is 12.5 Å². The first-order valence-electron chi connectivity index (χ1n) is 17.9. The molecule has 0 spiro atoms. The molecule has 4 heteroatoms. The van der Waals surface area contributed by atoms with Crippen LogP contribution in [0.15, 0.2) is 48.6 Å². The molecule has 244 valence electrons. The van der Waals surface area contributed by atoms with Gasteiger partial charge in [-0.1, -0.05) is 146 Å². The van der Waals surface area contributed by atoms with Crippen LogP contribution in [-0.2, 0) is 4.79 Å². The molecule has 42 heavy (non-hydrogen) atoms. The quantitative estimate of drug-likeness (QED) is 0.0558. The Kier molecular flexibility index (Phi) is 32.5. The molecule has 1 amide bonds. The van der Waals surface area contributed by atoms with Gasteiger partial charge in [0.25, 0.3) is 0 Å². The molecule has 0 saturated carbocycles. The summed E-state index contributed by atoms with van der Waals surface area (Å²) in [6.07, 6.45) is 44.8. The number of aliphatic hydroxyl groups is 2. The van der Waals surface area contributed by atoms with Gasteiger partial charge in [0.2, 0.25) is 5.91 Å². The average molecular weight is 588 g/mol. The van der Waals surface area contributed by atoms with Crippen molar-refractivity contribution in [3.05, 3.63) is 48.6 Å². The third-order valence-corrected chi connectivity index (χ3v) is 7.78. The summed E-state index contributed by atoms with van der Waals surface area (Å²) in [6.45, 7) is 4.22. The van der Waals surface area contributed by atoms with E-state index in [1.807, 2.05) is 6.08 Å². The van der Waals surface area contributed by atoms with Crippen molar-refractivity contribution in [1.29, 1.82) is 0 Å². The minimum absolute atomic E-state index is 0.0839. The zero-order chi connectivity index (χ0) is 30.8. The van der Waals surface area contributed by atoms with Crippen LogP contribution in [-0.4, -0.2) is 34.9 Å². The molecule has 0 radical (unpaired) electrons. The lowest BCUT2D eigenvalue weighted by Gasteiger charge is -2.19. The largest absolute Gasteiger partial charge is 0.394 e. The van der Waals surface area contributed by atoms with E-state index < -0.39 is 12.1 Å². The number of amides is 1. The molecule has 0 aliphatic carbocycles. The molecule has 0 rings (SSSR count). The van der Waals surface area contributed by atoms with Crippen molar-refractivity contribution < 1.29 is 15.0 Å². The second-order valence-corrected chi connectivity index (χ2v) is 11.9. The van der Waals surface area contributed by atoms with Gasteiger partial charge in [0, 0.05) is 6.42 Å². The molecular formula is C38H69NO3. The molecule has 0 bridgehead atoms. The van der Waals surface area contributed by atoms with Crippen LogP contribution < -0.4 is 5.32 Å². The van der Waals surface area contributed by atoms with E-state index in [0.29, 0.717) is 6.42 Å². The van der Waals surface area contributed by atoms with E-state index in [9.17, 15) is 15.0 Å². The Morgan fingerprint density at radius 3 is 1.57 bits per heavy atom. The number of allylic oxidation sites excluding steroid dienone is 7. The maximum absolute atomic E-state index is 12.3. The standard InChI is InChI=1S/C38H69NO3/c1-3-5-7-9-11-13-14-15-16-17-18-19-20-21-22-23-24-26-28-30-32-34-38(42)39-36(35-40)37(41)33-31-29-27-25-12-10-8-6-4-2/h12,14-15,17-18,25,31,33,36-37,40-41H,3-11,13,16,19-24,26-30,32,34-35H2,1-2H3,(H,39,42)/b15-14-,18-17-,25-12+,33-31+. The van der Waals surface area contributed by atoms with E-state index in [0.717, 1.165) is 38.5 Å². The Bertz CT molecular complexity index is 682. The summed E-state index contributed by atoms with van der Waals surface area (Å²) >= 11 is 0. The molecule has 0 aliphatic rings. The van der Waals surface area contributed by atoms with Crippen LogP contribution in [0.5, 0.6) is 0 Å². The van der Waals surface area contributed by atoms with E-state index >= 15 is 0 Å². The Morgan fingerprint density at radius 2 is 1.00 bits per heavy atom. The number of aliphatic hydroxyl groups excluding tert-OH is 2. The van der Waals surface area contributed by atoms with Gasteiger partial charge >= 0.3 is 0 Å². The SMILES string of the molecule is CCCCC/C=C/CC/C=C/C(O)C(CO)NC(=O)CCCCCCCCCCC/C=C\C/C=C\CCCCCCC. The van der Waals surface area contributed by atoms with Crippen molar-refractivity contribution in [2.75, 3.05) is 6.61 Å². The van der Waals surface area contributed by atoms with Gasteiger partial charge in [0.05, 0.1) is 18.8 Å². The van der Waals surface area contributed by atoms with Crippen LogP contribution in [0.1, 0.15) is 168 Å². The molecule has 0 fully saturated rings. The summed E-state index contributed by atoms with van der Waals surface area (Å²) in [5.74, 6) is -0.0839. The van der Waals surface area contributed by atoms with Crippen molar-refractivity contribution in [1.82, 2.24) is 5.32 Å². The topological polar surface area (TPSA) is 69.6 Å². The maximum Gasteiger partial charge on any atom is 0.220 e. The van der Waals surface area contributed by atoms with Crippen molar-refractivity contribution in [3.63, 3.8) is 0 Å². The van der Waals surface area contributed by atoms with Gasteiger partial charge in [-0.05, 0) is 64.2 Å². The molecule has 0 heterocycles. The highest BCUT2D eigenvalue weighted by molar-refractivity contribution is 5.76. The Hall–Kier alpha value is -1.65. The summed E-state index contributed by atoms with van der Waals surface area (Å²) in [6, 6.07) is -0.638. The zero-order valence-corrected chi connectivity index (χ0v) is 27.8. The van der Waals surface area contributed by atoms with Gasteiger partial charge in [0.15, 0.2) is 0 Å². The van der Waals surface area contributed by atoms with E-state index in [1.54, 1.807) is 6.08 Å². The van der Waals surface area contributed by atoms with Gasteiger partial charge in [-0.25, -0.2) is 0 Å². The van der Waals surface area contributed by atoms with Crippen LogP contribution in [0.3, 0.4) is 0 Å². The molecule has 0 saturated heterocycles.